The van der Waals surface area contributed by atoms with Crippen molar-refractivity contribution in [1.29, 1.82) is 0 Å². The second kappa shape index (κ2) is 12.6. The van der Waals surface area contributed by atoms with E-state index in [-0.39, 0.29) is 46.4 Å². The predicted molar refractivity (Wildman–Crippen MR) is 144 cm³/mol. The zero-order chi connectivity index (χ0) is 24.2. The molecule has 4 saturated heterocycles. The van der Waals surface area contributed by atoms with Gasteiger partial charge in [-0.3, -0.25) is 4.79 Å². The fourth-order valence-corrected chi connectivity index (χ4v) is 12.0. The maximum atomic E-state index is 14.0. The number of aliphatic hydroxyl groups is 1. The van der Waals surface area contributed by atoms with E-state index in [4.69, 9.17) is 18.9 Å². The molecule has 0 aromatic rings. The minimum atomic E-state index is -0.672. The molecule has 4 heterocycles. The number of hydrogen-bond donors (Lipinski definition) is 1. The Balaban J connectivity index is 1.54. The topological polar surface area (TPSA) is 74.2 Å². The molecular formula is C24H40O6S4. The molecule has 0 aromatic carbocycles. The van der Waals surface area contributed by atoms with E-state index in [1.54, 1.807) is 18.9 Å². The van der Waals surface area contributed by atoms with E-state index < -0.39 is 11.9 Å². The molecule has 0 saturated carbocycles. The number of methoxy groups -OCH3 is 1. The summed E-state index contributed by atoms with van der Waals surface area (Å²) >= 11 is 7.58. The lowest BCUT2D eigenvalue weighted by atomic mass is 9.77. The Morgan fingerprint density at radius 3 is 2.47 bits per heavy atom. The van der Waals surface area contributed by atoms with Crippen molar-refractivity contribution < 1.29 is 28.8 Å². The van der Waals surface area contributed by atoms with Crippen LogP contribution >= 0.6 is 47.0 Å². The average molecular weight is 553 g/mol. The molecule has 4 fully saturated rings. The van der Waals surface area contributed by atoms with Crippen LogP contribution in [0, 0.1) is 23.7 Å². The largest absolute Gasteiger partial charge is 0.392 e. The van der Waals surface area contributed by atoms with Crippen molar-refractivity contribution in [1.82, 2.24) is 0 Å². The number of carbonyl (C=O) groups excluding carboxylic acids is 1. The maximum Gasteiger partial charge on any atom is 0.175 e. The van der Waals surface area contributed by atoms with Crippen LogP contribution in [0.15, 0.2) is 0 Å². The molecule has 4 aliphatic rings. The minimum Gasteiger partial charge on any atom is -0.392 e. The van der Waals surface area contributed by atoms with Crippen molar-refractivity contribution in [3.63, 3.8) is 0 Å². The van der Waals surface area contributed by atoms with Crippen molar-refractivity contribution in [3.05, 3.63) is 0 Å². The van der Waals surface area contributed by atoms with Gasteiger partial charge in [-0.1, -0.05) is 13.8 Å². The first-order chi connectivity index (χ1) is 16.5. The fourth-order valence-electron chi connectivity index (χ4n) is 5.84. The third-order valence-electron chi connectivity index (χ3n) is 7.82. The number of carbonyl (C=O) groups is 1. The Morgan fingerprint density at radius 1 is 1.09 bits per heavy atom. The van der Waals surface area contributed by atoms with Crippen LogP contribution in [0.5, 0.6) is 0 Å². The van der Waals surface area contributed by atoms with Gasteiger partial charge in [-0.2, -0.15) is 23.5 Å². The highest BCUT2D eigenvalue weighted by Crippen LogP contribution is 2.52. The number of Topliss-reactive ketones (excluding diaryl/α,β-unsaturated/α-hetero) is 1. The fraction of sp³-hybridized carbons (Fsp3) is 0.958. The van der Waals surface area contributed by atoms with E-state index >= 15 is 0 Å². The third-order valence-corrected chi connectivity index (χ3v) is 14.1. The van der Waals surface area contributed by atoms with Crippen LogP contribution in [0.3, 0.4) is 0 Å². The lowest BCUT2D eigenvalue weighted by Crippen LogP contribution is -2.57. The van der Waals surface area contributed by atoms with E-state index in [1.807, 2.05) is 35.3 Å². The molecule has 0 bridgehead atoms. The molecule has 1 spiro atoms. The first-order valence-electron chi connectivity index (χ1n) is 12.5. The lowest BCUT2D eigenvalue weighted by molar-refractivity contribution is -0.234. The van der Waals surface area contributed by atoms with Crippen LogP contribution in [0.1, 0.15) is 33.1 Å². The van der Waals surface area contributed by atoms with Gasteiger partial charge < -0.3 is 24.1 Å². The molecule has 4 rings (SSSR count). The van der Waals surface area contributed by atoms with Gasteiger partial charge in [-0.15, -0.1) is 23.5 Å². The summed E-state index contributed by atoms with van der Waals surface area (Å²) in [6, 6.07) is 0. The zero-order valence-electron chi connectivity index (χ0n) is 20.6. The molecule has 0 radical (unpaired) electrons. The van der Waals surface area contributed by atoms with Gasteiger partial charge in [0.25, 0.3) is 0 Å². The van der Waals surface area contributed by atoms with Gasteiger partial charge in [0.15, 0.2) is 5.79 Å². The van der Waals surface area contributed by atoms with Crippen LogP contribution in [0.2, 0.25) is 0 Å². The smallest absolute Gasteiger partial charge is 0.175 e. The number of thioether (sulfide) groups is 4. The Bertz CT molecular complexity index is 670. The van der Waals surface area contributed by atoms with E-state index in [2.05, 4.69) is 13.8 Å². The van der Waals surface area contributed by atoms with Crippen molar-refractivity contribution >= 4 is 52.8 Å². The van der Waals surface area contributed by atoms with E-state index in [0.29, 0.717) is 24.7 Å². The SMILES string of the molecule is CCC1([C@H](C)[C@@H](O)[C@H]2CSC[C@H]([C@@H](OCOC)[C@@H]3CSCCC34OCCO4)C2=O)SCCCS1. The van der Waals surface area contributed by atoms with Crippen LogP contribution in [-0.2, 0) is 23.7 Å². The maximum absolute atomic E-state index is 14.0. The summed E-state index contributed by atoms with van der Waals surface area (Å²) < 4.78 is 23.9. The summed E-state index contributed by atoms with van der Waals surface area (Å²) in [6.45, 7) is 5.65. The molecule has 34 heavy (non-hydrogen) atoms. The first-order valence-corrected chi connectivity index (χ1v) is 16.8. The molecule has 0 aromatic heterocycles. The highest BCUT2D eigenvalue weighted by atomic mass is 32.2. The summed E-state index contributed by atoms with van der Waals surface area (Å²) in [5.74, 6) is 4.21. The molecule has 0 amide bonds. The van der Waals surface area contributed by atoms with Crippen molar-refractivity contribution in [2.24, 2.45) is 23.7 Å². The second-order valence-electron chi connectivity index (χ2n) is 9.63. The number of hydrogen-bond acceptors (Lipinski definition) is 10. The van der Waals surface area contributed by atoms with Gasteiger partial charge in [0.2, 0.25) is 0 Å². The summed E-state index contributed by atoms with van der Waals surface area (Å²) in [7, 11) is 1.61. The van der Waals surface area contributed by atoms with Crippen LogP contribution in [0.4, 0.5) is 0 Å². The van der Waals surface area contributed by atoms with E-state index in [1.165, 1.54) is 6.42 Å². The molecule has 6 nitrogen and oxygen atoms in total. The monoisotopic (exact) mass is 552 g/mol. The normalized spacial score (nSPS) is 34.1. The van der Waals surface area contributed by atoms with Crippen molar-refractivity contribution in [3.8, 4) is 0 Å². The van der Waals surface area contributed by atoms with Crippen LogP contribution in [0.25, 0.3) is 0 Å². The van der Waals surface area contributed by atoms with Gasteiger partial charge in [0.1, 0.15) is 12.6 Å². The van der Waals surface area contributed by atoms with Crippen molar-refractivity contribution in [2.45, 2.75) is 55.2 Å². The predicted octanol–water partition coefficient (Wildman–Crippen LogP) is 3.99. The average Bonchev–Trinajstić information content (AvgIpc) is 3.34. The molecule has 10 heteroatoms. The third kappa shape index (κ3) is 5.65. The number of aliphatic hydroxyl groups excluding tert-OH is 1. The summed E-state index contributed by atoms with van der Waals surface area (Å²) in [4.78, 5) is 14.0. The molecule has 6 atom stereocenters. The summed E-state index contributed by atoms with van der Waals surface area (Å²) in [5, 5.41) is 11.6. The number of rotatable bonds is 9. The lowest BCUT2D eigenvalue weighted by Gasteiger charge is -2.47. The number of ether oxygens (including phenoxy) is 4. The molecule has 196 valence electrons. The quantitative estimate of drug-likeness (QED) is 0.424. The van der Waals surface area contributed by atoms with E-state index in [0.717, 1.165) is 35.9 Å². The first kappa shape index (κ1) is 27.9. The minimum absolute atomic E-state index is 0.0168. The molecular weight excluding hydrogens is 513 g/mol. The number of ketones is 1. The molecule has 0 unspecified atom stereocenters. The van der Waals surface area contributed by atoms with Gasteiger partial charge >= 0.3 is 0 Å². The Labute approximate surface area is 221 Å². The van der Waals surface area contributed by atoms with Crippen LogP contribution < -0.4 is 0 Å². The molecule has 0 aliphatic carbocycles. The Kier molecular flexibility index (Phi) is 10.3. The zero-order valence-corrected chi connectivity index (χ0v) is 23.8. The highest BCUT2D eigenvalue weighted by Gasteiger charge is 2.55. The summed E-state index contributed by atoms with van der Waals surface area (Å²) in [5.41, 5.74) is 0. The van der Waals surface area contributed by atoms with E-state index in [9.17, 15) is 9.90 Å². The van der Waals surface area contributed by atoms with Gasteiger partial charge in [-0.05, 0) is 30.1 Å². The van der Waals surface area contributed by atoms with Gasteiger partial charge in [0.05, 0.1) is 41.3 Å². The Hall–Kier alpha value is 0.870. The van der Waals surface area contributed by atoms with Gasteiger partial charge in [0, 0.05) is 42.6 Å². The highest BCUT2D eigenvalue weighted by molar-refractivity contribution is 8.18. The molecule has 4 aliphatic heterocycles. The van der Waals surface area contributed by atoms with Crippen molar-refractivity contribution in [2.75, 3.05) is 61.6 Å². The molecule has 1 N–H and O–H groups in total. The second-order valence-corrected chi connectivity index (χ2v) is 15.0. The Morgan fingerprint density at radius 2 is 1.79 bits per heavy atom. The summed E-state index contributed by atoms with van der Waals surface area (Å²) in [6.07, 6.45) is 2.00. The van der Waals surface area contributed by atoms with Crippen LogP contribution in [-0.4, -0.2) is 94.6 Å². The van der Waals surface area contributed by atoms with Gasteiger partial charge in [-0.25, -0.2) is 0 Å². The standard InChI is InChI=1S/C24H40O6S4/c1-4-24(33-9-5-10-34-24)16(2)20(25)17-12-32-13-18(21(17)26)22(28-15-27-3)19-14-31-11-6-23(19)29-7-8-30-23/h16-20,22,25H,4-15H2,1-3H3/t16-,17-,18+,19+,20-,22-/m1/s1.